The minimum atomic E-state index is -0.0542. The summed E-state index contributed by atoms with van der Waals surface area (Å²) in [4.78, 5) is 16.5. The number of nitrogens with zero attached hydrogens (tertiary/aromatic N) is 2. The summed E-state index contributed by atoms with van der Waals surface area (Å²) in [7, 11) is 0. The number of halogens is 1. The van der Waals surface area contributed by atoms with Crippen molar-refractivity contribution in [3.63, 3.8) is 0 Å². The zero-order valence-corrected chi connectivity index (χ0v) is 15.0. The molecule has 0 unspecified atom stereocenters. The summed E-state index contributed by atoms with van der Waals surface area (Å²) < 4.78 is 10.7. The normalized spacial score (nSPS) is 15.9. The van der Waals surface area contributed by atoms with Gasteiger partial charge in [-0.15, -0.1) is 0 Å². The lowest BCUT2D eigenvalue weighted by molar-refractivity contribution is 0.174. The molecule has 4 rings (SSSR count). The first-order valence-electron chi connectivity index (χ1n) is 8.61. The monoisotopic (exact) mass is 373 g/mol. The minimum absolute atomic E-state index is 0.0542. The zero-order chi connectivity index (χ0) is 17.9. The fourth-order valence-corrected chi connectivity index (χ4v) is 3.45. The molecule has 1 fully saturated rings. The fourth-order valence-electron chi connectivity index (χ4n) is 3.20. The van der Waals surface area contributed by atoms with Crippen LogP contribution in [0.3, 0.4) is 0 Å². The number of para-hydroxylation sites is 1. The summed E-state index contributed by atoms with van der Waals surface area (Å²) in [5.74, 6) is 1.47. The van der Waals surface area contributed by atoms with E-state index in [1.807, 2.05) is 47.4 Å². The summed E-state index contributed by atoms with van der Waals surface area (Å²) in [5, 5.41) is 3.72. The number of nitrogens with one attached hydrogen (secondary N) is 1. The van der Waals surface area contributed by atoms with E-state index in [0.29, 0.717) is 19.6 Å². The lowest BCUT2D eigenvalue weighted by Crippen LogP contribution is -2.51. The Morgan fingerprint density at radius 1 is 1.04 bits per heavy atom. The summed E-state index contributed by atoms with van der Waals surface area (Å²) in [6.45, 7) is 3.57. The van der Waals surface area contributed by atoms with Gasteiger partial charge >= 0.3 is 6.03 Å². The molecule has 2 aliphatic heterocycles. The number of carbonyl (C=O) groups excluding carboxylic acids is 1. The second-order valence-corrected chi connectivity index (χ2v) is 6.68. The molecule has 2 amide bonds. The van der Waals surface area contributed by atoms with Gasteiger partial charge in [0.15, 0.2) is 11.5 Å². The van der Waals surface area contributed by atoms with Crippen LogP contribution in [0.1, 0.15) is 5.56 Å². The number of piperazine rings is 1. The van der Waals surface area contributed by atoms with Gasteiger partial charge in [0.1, 0.15) is 0 Å². The van der Waals surface area contributed by atoms with Gasteiger partial charge in [-0.25, -0.2) is 4.79 Å². The number of hydrogen-bond donors (Lipinski definition) is 1. The number of ether oxygens (including phenoxy) is 2. The van der Waals surface area contributed by atoms with Crippen LogP contribution in [0.15, 0.2) is 42.5 Å². The highest BCUT2D eigenvalue weighted by Gasteiger charge is 2.22. The third kappa shape index (κ3) is 3.51. The number of urea groups is 1. The highest BCUT2D eigenvalue weighted by molar-refractivity contribution is 6.33. The molecule has 136 valence electrons. The molecule has 0 atom stereocenters. The Kier molecular flexibility index (Phi) is 4.75. The zero-order valence-electron chi connectivity index (χ0n) is 14.3. The maximum atomic E-state index is 12.4. The van der Waals surface area contributed by atoms with Crippen molar-refractivity contribution in [1.82, 2.24) is 10.2 Å². The van der Waals surface area contributed by atoms with E-state index in [9.17, 15) is 4.79 Å². The van der Waals surface area contributed by atoms with E-state index in [0.717, 1.165) is 40.9 Å². The molecular weight excluding hydrogens is 354 g/mol. The number of amides is 2. The molecular formula is C19H20ClN3O3. The first-order valence-corrected chi connectivity index (χ1v) is 8.99. The van der Waals surface area contributed by atoms with Crippen LogP contribution >= 0.6 is 11.6 Å². The molecule has 0 aromatic heterocycles. The summed E-state index contributed by atoms with van der Waals surface area (Å²) >= 11 is 6.26. The van der Waals surface area contributed by atoms with Crippen molar-refractivity contribution in [3.05, 3.63) is 53.1 Å². The van der Waals surface area contributed by atoms with Gasteiger partial charge in [0, 0.05) is 32.7 Å². The van der Waals surface area contributed by atoms with Gasteiger partial charge in [-0.3, -0.25) is 0 Å². The lowest BCUT2D eigenvalue weighted by atomic mass is 10.2. The highest BCUT2D eigenvalue weighted by atomic mass is 35.5. The fraction of sp³-hybridized carbons (Fsp3) is 0.316. The van der Waals surface area contributed by atoms with Gasteiger partial charge in [-0.1, -0.05) is 29.8 Å². The van der Waals surface area contributed by atoms with Gasteiger partial charge < -0.3 is 24.6 Å². The average molecular weight is 374 g/mol. The van der Waals surface area contributed by atoms with Crippen LogP contribution in [0.4, 0.5) is 10.5 Å². The number of rotatable bonds is 3. The van der Waals surface area contributed by atoms with Crippen molar-refractivity contribution in [3.8, 4) is 11.5 Å². The van der Waals surface area contributed by atoms with Crippen molar-refractivity contribution in [1.29, 1.82) is 0 Å². The number of hydrogen-bond acceptors (Lipinski definition) is 4. The minimum Gasteiger partial charge on any atom is -0.454 e. The Bertz CT molecular complexity index is 806. The van der Waals surface area contributed by atoms with Gasteiger partial charge in [-0.2, -0.15) is 0 Å². The van der Waals surface area contributed by atoms with Crippen LogP contribution in [0.25, 0.3) is 0 Å². The Labute approximate surface area is 157 Å². The summed E-state index contributed by atoms with van der Waals surface area (Å²) in [6.07, 6.45) is 0. The second kappa shape index (κ2) is 7.33. The maximum absolute atomic E-state index is 12.4. The Hall–Kier alpha value is -2.60. The van der Waals surface area contributed by atoms with Crippen LogP contribution in [-0.4, -0.2) is 43.9 Å². The van der Waals surface area contributed by atoms with Gasteiger partial charge in [0.25, 0.3) is 0 Å². The standard InChI is InChI=1S/C19H20ClN3O3/c20-15-3-1-2-4-16(15)22-7-9-23(10-8-22)19(24)21-12-14-5-6-17-18(11-14)26-13-25-17/h1-6,11H,7-10,12-13H2,(H,21,24). The molecule has 0 radical (unpaired) electrons. The molecule has 1 N–H and O–H groups in total. The van der Waals surface area contributed by atoms with E-state index in [1.54, 1.807) is 0 Å². The Balaban J connectivity index is 1.29. The molecule has 26 heavy (non-hydrogen) atoms. The number of anilines is 1. The largest absolute Gasteiger partial charge is 0.454 e. The summed E-state index contributed by atoms with van der Waals surface area (Å²) in [5.41, 5.74) is 2.01. The van der Waals surface area contributed by atoms with Crippen LogP contribution in [0.5, 0.6) is 11.5 Å². The lowest BCUT2D eigenvalue weighted by Gasteiger charge is -2.36. The van der Waals surface area contributed by atoms with Crippen LogP contribution in [0.2, 0.25) is 5.02 Å². The van der Waals surface area contributed by atoms with E-state index in [4.69, 9.17) is 21.1 Å². The van der Waals surface area contributed by atoms with E-state index in [2.05, 4.69) is 10.2 Å². The predicted molar refractivity (Wildman–Crippen MR) is 100 cm³/mol. The van der Waals surface area contributed by atoms with Crippen molar-refractivity contribution in [2.24, 2.45) is 0 Å². The van der Waals surface area contributed by atoms with Crippen molar-refractivity contribution in [2.75, 3.05) is 37.9 Å². The Morgan fingerprint density at radius 3 is 2.62 bits per heavy atom. The van der Waals surface area contributed by atoms with Crippen molar-refractivity contribution in [2.45, 2.75) is 6.54 Å². The van der Waals surface area contributed by atoms with E-state index in [-0.39, 0.29) is 12.8 Å². The first-order chi connectivity index (χ1) is 12.7. The van der Waals surface area contributed by atoms with E-state index < -0.39 is 0 Å². The maximum Gasteiger partial charge on any atom is 0.317 e. The summed E-state index contributed by atoms with van der Waals surface area (Å²) in [6, 6.07) is 13.4. The molecule has 7 heteroatoms. The van der Waals surface area contributed by atoms with Gasteiger partial charge in [0.05, 0.1) is 10.7 Å². The third-order valence-corrected chi connectivity index (χ3v) is 4.96. The number of benzene rings is 2. The van der Waals surface area contributed by atoms with E-state index >= 15 is 0 Å². The molecule has 6 nitrogen and oxygen atoms in total. The number of fused-ring (bicyclic) bond motifs is 1. The molecule has 2 aromatic rings. The quantitative estimate of drug-likeness (QED) is 0.898. The molecule has 1 saturated heterocycles. The topological polar surface area (TPSA) is 54.0 Å². The first kappa shape index (κ1) is 16.8. The molecule has 0 bridgehead atoms. The van der Waals surface area contributed by atoms with Crippen LogP contribution in [0, 0.1) is 0 Å². The molecule has 2 aliphatic rings. The highest BCUT2D eigenvalue weighted by Crippen LogP contribution is 2.32. The van der Waals surface area contributed by atoms with Crippen molar-refractivity contribution < 1.29 is 14.3 Å². The van der Waals surface area contributed by atoms with Gasteiger partial charge in [-0.05, 0) is 29.8 Å². The molecule has 2 aromatic carbocycles. The molecule has 2 heterocycles. The van der Waals surface area contributed by atoms with E-state index in [1.165, 1.54) is 0 Å². The van der Waals surface area contributed by atoms with Crippen LogP contribution < -0.4 is 19.7 Å². The third-order valence-electron chi connectivity index (χ3n) is 4.64. The number of carbonyl (C=O) groups is 1. The predicted octanol–water partition coefficient (Wildman–Crippen LogP) is 3.10. The molecule has 0 saturated carbocycles. The smallest absolute Gasteiger partial charge is 0.317 e. The average Bonchev–Trinajstić information content (AvgIpc) is 3.14. The second-order valence-electron chi connectivity index (χ2n) is 6.27. The van der Waals surface area contributed by atoms with Crippen molar-refractivity contribution >= 4 is 23.3 Å². The van der Waals surface area contributed by atoms with Crippen LogP contribution in [-0.2, 0) is 6.54 Å². The molecule has 0 aliphatic carbocycles. The Morgan fingerprint density at radius 2 is 1.81 bits per heavy atom. The SMILES string of the molecule is O=C(NCc1ccc2c(c1)OCO2)N1CCN(c2ccccc2Cl)CC1. The van der Waals surface area contributed by atoms with Gasteiger partial charge in [0.2, 0.25) is 6.79 Å². The molecule has 0 spiro atoms.